The summed E-state index contributed by atoms with van der Waals surface area (Å²) in [5.74, 6) is -0.191. The minimum Gasteiger partial charge on any atom is -0.399 e. The Hall–Kier alpha value is -1.08. The highest BCUT2D eigenvalue weighted by atomic mass is 35.5. The van der Waals surface area contributed by atoms with Crippen molar-refractivity contribution in [3.8, 4) is 0 Å². The van der Waals surface area contributed by atoms with E-state index in [9.17, 15) is 4.79 Å². The molecule has 0 spiro atoms. The predicted molar refractivity (Wildman–Crippen MR) is 89.2 cm³/mol. The van der Waals surface area contributed by atoms with Crippen molar-refractivity contribution in [2.45, 2.75) is 44.9 Å². The molecule has 0 aliphatic carbocycles. The summed E-state index contributed by atoms with van der Waals surface area (Å²) in [5, 5.41) is 3.26. The van der Waals surface area contributed by atoms with Crippen molar-refractivity contribution >= 4 is 30.1 Å². The van der Waals surface area contributed by atoms with Crippen LogP contribution in [0.2, 0.25) is 5.02 Å². The lowest BCUT2D eigenvalue weighted by molar-refractivity contribution is -0.00346. The second kappa shape index (κ2) is 5.78. The van der Waals surface area contributed by atoms with Crippen LogP contribution in [0, 0.1) is 0 Å². The maximum absolute atomic E-state index is 12.2. The van der Waals surface area contributed by atoms with Crippen molar-refractivity contribution in [2.24, 2.45) is 0 Å². The number of hydrogen-bond donors (Lipinski definition) is 1. The molecule has 0 aromatic heterocycles. The van der Waals surface area contributed by atoms with Gasteiger partial charge in [0.05, 0.1) is 41.0 Å². The highest BCUT2D eigenvalue weighted by Crippen LogP contribution is 2.36. The van der Waals surface area contributed by atoms with Crippen LogP contribution in [0.15, 0.2) is 18.2 Å². The summed E-state index contributed by atoms with van der Waals surface area (Å²) < 4.78 is 17.0. The number of nitrogens with one attached hydrogen (secondary N) is 1. The Balaban J connectivity index is 1.76. The number of amides is 1. The van der Waals surface area contributed by atoms with Crippen LogP contribution in [0.4, 0.5) is 0 Å². The number of hydrogen-bond acceptors (Lipinski definition) is 4. The standard InChI is InChI=1S/C16H21BClNO4/c1-15(2)16(3,4)23-17(22-15)10-5-6-12(13(18)7-10)14(20)19-11-8-21-9-11/h5-7,11H,8-9H2,1-4H3,(H,19,20). The topological polar surface area (TPSA) is 56.8 Å². The Kier molecular flexibility index (Phi) is 4.21. The Morgan fingerprint density at radius 1 is 1.22 bits per heavy atom. The molecule has 1 aromatic carbocycles. The van der Waals surface area contributed by atoms with Gasteiger partial charge in [-0.3, -0.25) is 4.79 Å². The third-order valence-corrected chi connectivity index (χ3v) is 5.05. The Morgan fingerprint density at radius 3 is 2.30 bits per heavy atom. The van der Waals surface area contributed by atoms with Crippen LogP contribution in [-0.2, 0) is 14.0 Å². The molecule has 0 radical (unpaired) electrons. The van der Waals surface area contributed by atoms with E-state index in [2.05, 4.69) is 5.32 Å². The zero-order chi connectivity index (χ0) is 16.8. The lowest BCUT2D eigenvalue weighted by Crippen LogP contribution is -2.48. The Morgan fingerprint density at radius 2 is 1.83 bits per heavy atom. The first-order valence-electron chi connectivity index (χ1n) is 7.73. The van der Waals surface area contributed by atoms with E-state index in [1.54, 1.807) is 12.1 Å². The van der Waals surface area contributed by atoms with Gasteiger partial charge in [-0.15, -0.1) is 0 Å². The summed E-state index contributed by atoms with van der Waals surface area (Å²) in [5.41, 5.74) is 0.422. The molecule has 1 N–H and O–H groups in total. The molecule has 23 heavy (non-hydrogen) atoms. The zero-order valence-electron chi connectivity index (χ0n) is 13.8. The van der Waals surface area contributed by atoms with E-state index in [0.717, 1.165) is 5.46 Å². The van der Waals surface area contributed by atoms with Crippen LogP contribution in [-0.4, -0.2) is 43.5 Å². The number of rotatable bonds is 3. The Labute approximate surface area is 141 Å². The van der Waals surface area contributed by atoms with Crippen LogP contribution in [0.3, 0.4) is 0 Å². The van der Waals surface area contributed by atoms with Gasteiger partial charge < -0.3 is 19.4 Å². The van der Waals surface area contributed by atoms with E-state index in [0.29, 0.717) is 23.8 Å². The normalized spacial score (nSPS) is 22.7. The number of ether oxygens (including phenoxy) is 1. The smallest absolute Gasteiger partial charge is 0.399 e. The van der Waals surface area contributed by atoms with Crippen molar-refractivity contribution < 1.29 is 18.8 Å². The minimum atomic E-state index is -0.491. The lowest BCUT2D eigenvalue weighted by atomic mass is 9.79. The molecule has 0 bridgehead atoms. The van der Waals surface area contributed by atoms with Gasteiger partial charge in [-0.1, -0.05) is 17.7 Å². The van der Waals surface area contributed by atoms with E-state index in [1.165, 1.54) is 0 Å². The molecular weight excluding hydrogens is 316 g/mol. The summed E-state index contributed by atoms with van der Waals surface area (Å²) in [6, 6.07) is 5.33. The van der Waals surface area contributed by atoms with Crippen LogP contribution < -0.4 is 10.8 Å². The van der Waals surface area contributed by atoms with Crippen LogP contribution in [0.5, 0.6) is 0 Å². The quantitative estimate of drug-likeness (QED) is 0.854. The molecule has 1 amide bonds. The van der Waals surface area contributed by atoms with Crippen molar-refractivity contribution in [3.63, 3.8) is 0 Å². The van der Waals surface area contributed by atoms with Crippen molar-refractivity contribution in [1.29, 1.82) is 0 Å². The molecule has 7 heteroatoms. The van der Waals surface area contributed by atoms with Gasteiger partial charge in [0.1, 0.15) is 0 Å². The van der Waals surface area contributed by atoms with Gasteiger partial charge in [0.2, 0.25) is 0 Å². The molecule has 2 aliphatic heterocycles. The molecule has 2 heterocycles. The summed E-state index contributed by atoms with van der Waals surface area (Å²) in [6.45, 7) is 9.09. The highest BCUT2D eigenvalue weighted by Gasteiger charge is 2.51. The first kappa shape index (κ1) is 16.8. The number of carbonyl (C=O) groups is 1. The maximum atomic E-state index is 12.2. The van der Waals surface area contributed by atoms with Gasteiger partial charge in [-0.25, -0.2) is 0 Å². The fourth-order valence-electron chi connectivity index (χ4n) is 2.42. The van der Waals surface area contributed by atoms with E-state index in [4.69, 9.17) is 25.6 Å². The van der Waals surface area contributed by atoms with Crippen molar-refractivity contribution in [2.75, 3.05) is 13.2 Å². The monoisotopic (exact) mass is 337 g/mol. The fourth-order valence-corrected chi connectivity index (χ4v) is 2.70. The molecular formula is C16H21BClNO4. The lowest BCUT2D eigenvalue weighted by Gasteiger charge is -2.32. The third kappa shape index (κ3) is 3.13. The van der Waals surface area contributed by atoms with Gasteiger partial charge in [0.25, 0.3) is 5.91 Å². The molecule has 124 valence electrons. The second-order valence-electron chi connectivity index (χ2n) is 7.04. The van der Waals surface area contributed by atoms with E-state index in [-0.39, 0.29) is 11.9 Å². The first-order chi connectivity index (χ1) is 10.7. The predicted octanol–water partition coefficient (Wildman–Crippen LogP) is 1.77. The van der Waals surface area contributed by atoms with Gasteiger partial charge in [-0.2, -0.15) is 0 Å². The molecule has 5 nitrogen and oxygen atoms in total. The highest BCUT2D eigenvalue weighted by molar-refractivity contribution is 6.62. The number of benzene rings is 1. The molecule has 2 fully saturated rings. The summed E-state index contributed by atoms with van der Waals surface area (Å²) >= 11 is 6.29. The largest absolute Gasteiger partial charge is 0.494 e. The fraction of sp³-hybridized carbons (Fsp3) is 0.562. The van der Waals surface area contributed by atoms with E-state index in [1.807, 2.05) is 33.8 Å². The molecule has 1 aromatic rings. The molecule has 3 rings (SSSR count). The molecule has 2 aliphatic rings. The summed E-state index contributed by atoms with van der Waals surface area (Å²) in [4.78, 5) is 12.2. The molecule has 0 atom stereocenters. The molecule has 0 unspecified atom stereocenters. The van der Waals surface area contributed by atoms with Gasteiger partial charge in [0.15, 0.2) is 0 Å². The van der Waals surface area contributed by atoms with Gasteiger partial charge in [-0.05, 0) is 45.3 Å². The van der Waals surface area contributed by atoms with E-state index >= 15 is 0 Å². The molecule has 2 saturated heterocycles. The Bertz CT molecular complexity index is 615. The molecule has 0 saturated carbocycles. The van der Waals surface area contributed by atoms with Gasteiger partial charge in [0, 0.05) is 0 Å². The van der Waals surface area contributed by atoms with Gasteiger partial charge >= 0.3 is 7.12 Å². The average Bonchev–Trinajstić information content (AvgIpc) is 2.62. The first-order valence-corrected chi connectivity index (χ1v) is 8.11. The zero-order valence-corrected chi connectivity index (χ0v) is 14.6. The third-order valence-electron chi connectivity index (χ3n) is 4.74. The minimum absolute atomic E-state index is 0.0707. The average molecular weight is 338 g/mol. The van der Waals surface area contributed by atoms with Crippen LogP contribution in [0.25, 0.3) is 0 Å². The van der Waals surface area contributed by atoms with Crippen molar-refractivity contribution in [3.05, 3.63) is 28.8 Å². The van der Waals surface area contributed by atoms with Crippen LogP contribution in [0.1, 0.15) is 38.1 Å². The van der Waals surface area contributed by atoms with E-state index < -0.39 is 18.3 Å². The maximum Gasteiger partial charge on any atom is 0.494 e. The SMILES string of the molecule is CC1(C)OB(c2ccc(C(=O)NC3COC3)c(Cl)c2)OC1(C)C. The van der Waals surface area contributed by atoms with Crippen molar-refractivity contribution in [1.82, 2.24) is 5.32 Å². The second-order valence-corrected chi connectivity index (χ2v) is 7.44. The number of halogens is 1. The number of carbonyl (C=O) groups excluding carboxylic acids is 1. The summed E-state index contributed by atoms with van der Waals surface area (Å²) in [6.07, 6.45) is 0. The van der Waals surface area contributed by atoms with Crippen LogP contribution >= 0.6 is 11.6 Å². The summed E-state index contributed by atoms with van der Waals surface area (Å²) in [7, 11) is -0.491.